The van der Waals surface area contributed by atoms with Gasteiger partial charge in [0.25, 0.3) is 5.91 Å². The van der Waals surface area contributed by atoms with E-state index in [0.29, 0.717) is 34.0 Å². The van der Waals surface area contributed by atoms with Crippen molar-refractivity contribution in [3.63, 3.8) is 0 Å². The van der Waals surface area contributed by atoms with Gasteiger partial charge in [-0.1, -0.05) is 77.8 Å². The zero-order valence-electron chi connectivity index (χ0n) is 13.9. The summed E-state index contributed by atoms with van der Waals surface area (Å²) in [7, 11) is 0. The lowest BCUT2D eigenvalue weighted by molar-refractivity contribution is 0.0951. The standard InChI is InChI=1S/C20H17Cl2NO2S/c21-18-10-17(19(22)26-18)20(24)23-11-14-6-8-16(9-7-14)13-25-12-15-4-2-1-3-5-15/h1-10H,11-13H2,(H,23,24). The number of nitrogens with one attached hydrogen (secondary N) is 1. The molecule has 1 heterocycles. The third-order valence-corrected chi connectivity index (χ3v) is 5.25. The van der Waals surface area contributed by atoms with Gasteiger partial charge in [0.1, 0.15) is 4.34 Å². The van der Waals surface area contributed by atoms with Crippen LogP contribution in [0.25, 0.3) is 0 Å². The van der Waals surface area contributed by atoms with Crippen LogP contribution >= 0.6 is 34.5 Å². The maximum absolute atomic E-state index is 12.1. The van der Waals surface area contributed by atoms with E-state index < -0.39 is 0 Å². The molecule has 0 fully saturated rings. The number of rotatable bonds is 7. The number of benzene rings is 2. The highest BCUT2D eigenvalue weighted by atomic mass is 35.5. The van der Waals surface area contributed by atoms with Crippen molar-refractivity contribution in [2.75, 3.05) is 0 Å². The van der Waals surface area contributed by atoms with E-state index in [1.165, 1.54) is 11.3 Å². The fourth-order valence-electron chi connectivity index (χ4n) is 2.39. The first-order chi connectivity index (χ1) is 12.6. The average molecular weight is 406 g/mol. The minimum Gasteiger partial charge on any atom is -0.372 e. The zero-order valence-corrected chi connectivity index (χ0v) is 16.2. The summed E-state index contributed by atoms with van der Waals surface area (Å²) in [6, 6.07) is 19.6. The molecule has 1 amide bonds. The molecule has 0 spiro atoms. The van der Waals surface area contributed by atoms with Crippen LogP contribution in [-0.4, -0.2) is 5.91 Å². The second kappa shape index (κ2) is 9.19. The zero-order chi connectivity index (χ0) is 18.4. The van der Waals surface area contributed by atoms with Crippen LogP contribution in [0.15, 0.2) is 60.7 Å². The number of amides is 1. The molecule has 0 bridgehead atoms. The van der Waals surface area contributed by atoms with Gasteiger partial charge in [-0.2, -0.15) is 0 Å². The summed E-state index contributed by atoms with van der Waals surface area (Å²) in [6.45, 7) is 1.56. The molecule has 0 radical (unpaired) electrons. The van der Waals surface area contributed by atoms with Gasteiger partial charge in [-0.3, -0.25) is 4.79 Å². The highest BCUT2D eigenvalue weighted by Crippen LogP contribution is 2.31. The Balaban J connectivity index is 1.47. The molecule has 0 saturated heterocycles. The van der Waals surface area contributed by atoms with Crippen LogP contribution in [0.3, 0.4) is 0 Å². The van der Waals surface area contributed by atoms with Crippen LogP contribution in [0.4, 0.5) is 0 Å². The highest BCUT2D eigenvalue weighted by Gasteiger charge is 2.13. The Kier molecular flexibility index (Phi) is 6.69. The van der Waals surface area contributed by atoms with Gasteiger partial charge in [-0.25, -0.2) is 0 Å². The summed E-state index contributed by atoms with van der Waals surface area (Å²) in [4.78, 5) is 12.1. The minimum atomic E-state index is -0.228. The molecular formula is C20H17Cl2NO2S. The molecule has 26 heavy (non-hydrogen) atoms. The summed E-state index contributed by atoms with van der Waals surface area (Å²) in [6.07, 6.45) is 0. The van der Waals surface area contributed by atoms with Crippen molar-refractivity contribution >= 4 is 40.4 Å². The Morgan fingerprint density at radius 1 is 0.923 bits per heavy atom. The van der Waals surface area contributed by atoms with E-state index >= 15 is 0 Å². The van der Waals surface area contributed by atoms with Gasteiger partial charge < -0.3 is 10.1 Å². The SMILES string of the molecule is O=C(NCc1ccc(COCc2ccccc2)cc1)c1cc(Cl)sc1Cl. The lowest BCUT2D eigenvalue weighted by Crippen LogP contribution is -2.22. The molecule has 3 rings (SSSR count). The van der Waals surface area contributed by atoms with Gasteiger partial charge in [0.05, 0.1) is 23.1 Å². The predicted octanol–water partition coefficient (Wildman–Crippen LogP) is 5.70. The van der Waals surface area contributed by atoms with E-state index in [1.54, 1.807) is 6.07 Å². The number of thiophene rings is 1. The van der Waals surface area contributed by atoms with Gasteiger partial charge in [-0.05, 0) is 22.8 Å². The van der Waals surface area contributed by atoms with Crippen LogP contribution in [0.2, 0.25) is 8.67 Å². The Morgan fingerprint density at radius 2 is 1.54 bits per heavy atom. The lowest BCUT2D eigenvalue weighted by Gasteiger charge is -2.07. The fourth-order valence-corrected chi connectivity index (χ4v) is 3.85. The van der Waals surface area contributed by atoms with Crippen molar-refractivity contribution in [1.29, 1.82) is 0 Å². The highest BCUT2D eigenvalue weighted by molar-refractivity contribution is 7.20. The molecule has 0 saturated carbocycles. The largest absolute Gasteiger partial charge is 0.372 e. The second-order valence-corrected chi connectivity index (χ2v) is 8.00. The van der Waals surface area contributed by atoms with Crippen molar-refractivity contribution in [2.45, 2.75) is 19.8 Å². The Hall–Kier alpha value is -1.85. The Bertz CT molecular complexity index is 863. The number of ether oxygens (including phenoxy) is 1. The molecule has 1 N–H and O–H groups in total. The summed E-state index contributed by atoms with van der Waals surface area (Å²) >= 11 is 13.0. The quantitative estimate of drug-likeness (QED) is 0.547. The molecule has 6 heteroatoms. The topological polar surface area (TPSA) is 38.3 Å². The van der Waals surface area contributed by atoms with Crippen molar-refractivity contribution in [3.05, 3.63) is 91.6 Å². The van der Waals surface area contributed by atoms with Crippen molar-refractivity contribution in [3.8, 4) is 0 Å². The molecule has 3 nitrogen and oxygen atoms in total. The monoisotopic (exact) mass is 405 g/mol. The predicted molar refractivity (Wildman–Crippen MR) is 107 cm³/mol. The molecular weight excluding hydrogens is 389 g/mol. The number of carbonyl (C=O) groups is 1. The maximum Gasteiger partial charge on any atom is 0.253 e. The van der Waals surface area contributed by atoms with Gasteiger partial charge in [-0.15, -0.1) is 11.3 Å². The first kappa shape index (κ1) is 18.9. The molecule has 134 valence electrons. The van der Waals surface area contributed by atoms with Gasteiger partial charge in [0.15, 0.2) is 0 Å². The van der Waals surface area contributed by atoms with E-state index in [1.807, 2.05) is 54.6 Å². The van der Waals surface area contributed by atoms with Gasteiger partial charge in [0, 0.05) is 6.54 Å². The van der Waals surface area contributed by atoms with Crippen molar-refractivity contribution in [1.82, 2.24) is 5.32 Å². The normalized spacial score (nSPS) is 10.7. The Morgan fingerprint density at radius 3 is 2.15 bits per heavy atom. The first-order valence-electron chi connectivity index (χ1n) is 8.04. The third-order valence-electron chi connectivity index (χ3n) is 3.76. The lowest BCUT2D eigenvalue weighted by atomic mass is 10.1. The first-order valence-corrected chi connectivity index (χ1v) is 9.61. The van der Waals surface area contributed by atoms with Gasteiger partial charge in [0.2, 0.25) is 0 Å². The molecule has 3 aromatic rings. The third kappa shape index (κ3) is 5.32. The van der Waals surface area contributed by atoms with Crippen LogP contribution in [0, 0.1) is 0 Å². The summed E-state index contributed by atoms with van der Waals surface area (Å²) in [5.74, 6) is -0.228. The molecule has 0 unspecified atom stereocenters. The van der Waals surface area contributed by atoms with Crippen LogP contribution in [-0.2, 0) is 24.5 Å². The van der Waals surface area contributed by atoms with E-state index in [4.69, 9.17) is 27.9 Å². The number of hydrogen-bond donors (Lipinski definition) is 1. The van der Waals surface area contributed by atoms with E-state index in [-0.39, 0.29) is 5.91 Å². The van der Waals surface area contributed by atoms with Crippen molar-refractivity contribution in [2.24, 2.45) is 0 Å². The maximum atomic E-state index is 12.1. The van der Waals surface area contributed by atoms with Crippen LogP contribution in [0.1, 0.15) is 27.0 Å². The smallest absolute Gasteiger partial charge is 0.253 e. The molecule has 0 atom stereocenters. The molecule has 0 aliphatic heterocycles. The minimum absolute atomic E-state index is 0.228. The van der Waals surface area contributed by atoms with Crippen LogP contribution in [0.5, 0.6) is 0 Å². The number of hydrogen-bond acceptors (Lipinski definition) is 3. The average Bonchev–Trinajstić information content (AvgIpc) is 3.00. The number of carbonyl (C=O) groups excluding carboxylic acids is 1. The van der Waals surface area contributed by atoms with E-state index in [2.05, 4.69) is 5.32 Å². The summed E-state index contributed by atoms with van der Waals surface area (Å²) in [5, 5.41) is 2.85. The molecule has 0 aliphatic rings. The second-order valence-electron chi connectivity index (χ2n) is 5.72. The number of halogens is 2. The summed E-state index contributed by atoms with van der Waals surface area (Å²) < 4.78 is 6.62. The molecule has 1 aromatic heterocycles. The van der Waals surface area contributed by atoms with E-state index in [0.717, 1.165) is 16.7 Å². The van der Waals surface area contributed by atoms with E-state index in [9.17, 15) is 4.79 Å². The van der Waals surface area contributed by atoms with Crippen LogP contribution < -0.4 is 5.32 Å². The van der Waals surface area contributed by atoms with Crippen molar-refractivity contribution < 1.29 is 9.53 Å². The molecule has 0 aliphatic carbocycles. The fraction of sp³-hybridized carbons (Fsp3) is 0.150. The summed E-state index contributed by atoms with van der Waals surface area (Å²) in [5.41, 5.74) is 3.65. The molecule has 2 aromatic carbocycles. The Labute approximate surface area is 166 Å². The van der Waals surface area contributed by atoms with Gasteiger partial charge >= 0.3 is 0 Å².